The molecule has 1 aliphatic carbocycles. The monoisotopic (exact) mass is 210 g/mol. The smallest absolute Gasteiger partial charge is 0.313 e. The highest BCUT2D eigenvalue weighted by Gasteiger charge is 2.30. The van der Waals surface area contributed by atoms with Gasteiger partial charge >= 0.3 is 5.97 Å². The van der Waals surface area contributed by atoms with Crippen molar-refractivity contribution in [3.8, 4) is 0 Å². The molecule has 0 bridgehead atoms. The number of ketones is 1. The highest BCUT2D eigenvalue weighted by molar-refractivity contribution is 5.98. The number of carbonyl (C=O) groups is 2. The first kappa shape index (κ1) is 12.0. The van der Waals surface area contributed by atoms with Crippen LogP contribution in [0.5, 0.6) is 0 Å². The van der Waals surface area contributed by atoms with Crippen molar-refractivity contribution < 1.29 is 14.3 Å². The van der Waals surface area contributed by atoms with E-state index < -0.39 is 0 Å². The number of Topliss-reactive ketones (excluding diaryl/α,β-unsaturated/α-hetero) is 1. The van der Waals surface area contributed by atoms with Crippen molar-refractivity contribution in [2.75, 3.05) is 6.61 Å². The van der Waals surface area contributed by atoms with Gasteiger partial charge in [-0.25, -0.2) is 0 Å². The third kappa shape index (κ3) is 2.46. The number of hydrogen-bond donors (Lipinski definition) is 0. The Kier molecular flexibility index (Phi) is 4.06. The van der Waals surface area contributed by atoms with Crippen molar-refractivity contribution in [1.82, 2.24) is 0 Å². The number of rotatable bonds is 3. The minimum absolute atomic E-state index is 0.187. The SMILES string of the molecule is CCOC(=O)C1CCC(=O)C(CC)=C1C. The van der Waals surface area contributed by atoms with Gasteiger partial charge in [0.2, 0.25) is 0 Å². The molecule has 15 heavy (non-hydrogen) atoms. The summed E-state index contributed by atoms with van der Waals surface area (Å²) in [6.45, 7) is 6.02. The molecule has 1 aliphatic rings. The van der Waals surface area contributed by atoms with Crippen LogP contribution in [0.4, 0.5) is 0 Å². The third-order valence-corrected chi connectivity index (χ3v) is 2.92. The predicted molar refractivity (Wildman–Crippen MR) is 57.4 cm³/mol. The average molecular weight is 210 g/mol. The van der Waals surface area contributed by atoms with Gasteiger partial charge in [-0.15, -0.1) is 0 Å². The van der Waals surface area contributed by atoms with E-state index in [9.17, 15) is 9.59 Å². The fourth-order valence-electron chi connectivity index (χ4n) is 2.09. The van der Waals surface area contributed by atoms with E-state index in [2.05, 4.69) is 0 Å². The molecular weight excluding hydrogens is 192 g/mol. The average Bonchev–Trinajstić information content (AvgIpc) is 2.18. The van der Waals surface area contributed by atoms with Crippen molar-refractivity contribution in [2.24, 2.45) is 5.92 Å². The van der Waals surface area contributed by atoms with E-state index in [0.717, 1.165) is 11.1 Å². The molecule has 0 N–H and O–H groups in total. The first-order valence-corrected chi connectivity index (χ1v) is 5.51. The Hall–Kier alpha value is -1.12. The summed E-state index contributed by atoms with van der Waals surface area (Å²) < 4.78 is 5.00. The predicted octanol–water partition coefficient (Wildman–Crippen LogP) is 2.26. The molecular formula is C12H18O3. The molecule has 0 aliphatic heterocycles. The first-order valence-electron chi connectivity index (χ1n) is 5.51. The summed E-state index contributed by atoms with van der Waals surface area (Å²) in [4.78, 5) is 23.2. The number of ether oxygens (including phenoxy) is 1. The molecule has 0 amide bonds. The highest BCUT2D eigenvalue weighted by atomic mass is 16.5. The van der Waals surface area contributed by atoms with E-state index in [1.807, 2.05) is 13.8 Å². The molecule has 0 aromatic rings. The Bertz CT molecular complexity index is 302. The fraction of sp³-hybridized carbons (Fsp3) is 0.667. The van der Waals surface area contributed by atoms with E-state index in [1.165, 1.54) is 0 Å². The third-order valence-electron chi connectivity index (χ3n) is 2.92. The summed E-state index contributed by atoms with van der Waals surface area (Å²) in [5.74, 6) is -0.193. The summed E-state index contributed by atoms with van der Waals surface area (Å²) >= 11 is 0. The Morgan fingerprint density at radius 2 is 2.13 bits per heavy atom. The minimum atomic E-state index is -0.197. The van der Waals surface area contributed by atoms with Crippen LogP contribution in [0, 0.1) is 5.92 Å². The van der Waals surface area contributed by atoms with Crippen molar-refractivity contribution in [3.05, 3.63) is 11.1 Å². The van der Waals surface area contributed by atoms with Gasteiger partial charge in [0.25, 0.3) is 0 Å². The lowest BCUT2D eigenvalue weighted by Crippen LogP contribution is -2.26. The van der Waals surface area contributed by atoms with E-state index >= 15 is 0 Å². The number of esters is 1. The molecule has 0 spiro atoms. The van der Waals surface area contributed by atoms with Gasteiger partial charge in [-0.2, -0.15) is 0 Å². The van der Waals surface area contributed by atoms with Crippen LogP contribution in [0.15, 0.2) is 11.1 Å². The molecule has 0 heterocycles. The lowest BCUT2D eigenvalue weighted by molar-refractivity contribution is -0.147. The second-order valence-electron chi connectivity index (χ2n) is 3.78. The van der Waals surface area contributed by atoms with Gasteiger partial charge in [-0.3, -0.25) is 9.59 Å². The molecule has 0 saturated heterocycles. The number of hydrogen-bond acceptors (Lipinski definition) is 3. The Balaban J connectivity index is 2.89. The first-order chi connectivity index (χ1) is 7.11. The molecule has 1 unspecified atom stereocenters. The summed E-state index contributed by atoms with van der Waals surface area (Å²) in [7, 11) is 0. The van der Waals surface area contributed by atoms with Crippen LogP contribution in [0.25, 0.3) is 0 Å². The summed E-state index contributed by atoms with van der Waals surface area (Å²) in [5.41, 5.74) is 1.73. The van der Waals surface area contributed by atoms with E-state index in [4.69, 9.17) is 4.74 Å². The quantitative estimate of drug-likeness (QED) is 0.671. The Labute approximate surface area is 90.5 Å². The highest BCUT2D eigenvalue weighted by Crippen LogP contribution is 2.30. The van der Waals surface area contributed by atoms with Gasteiger partial charge < -0.3 is 4.74 Å². The molecule has 0 aromatic heterocycles. The summed E-state index contributed by atoms with van der Waals surface area (Å²) in [6.07, 6.45) is 1.79. The van der Waals surface area contributed by atoms with Crippen LogP contribution in [0.2, 0.25) is 0 Å². The maximum atomic E-state index is 11.6. The van der Waals surface area contributed by atoms with E-state index in [0.29, 0.717) is 25.9 Å². The minimum Gasteiger partial charge on any atom is -0.466 e. The standard InChI is InChI=1S/C12H18O3/c1-4-9-8(3)10(6-7-11(9)13)12(14)15-5-2/h10H,4-7H2,1-3H3. The maximum Gasteiger partial charge on any atom is 0.313 e. The zero-order valence-electron chi connectivity index (χ0n) is 9.63. The number of allylic oxidation sites excluding steroid dienone is 1. The Morgan fingerprint density at radius 3 is 2.67 bits per heavy atom. The number of carbonyl (C=O) groups excluding carboxylic acids is 2. The molecule has 1 rings (SSSR count). The van der Waals surface area contributed by atoms with Crippen LogP contribution < -0.4 is 0 Å². The van der Waals surface area contributed by atoms with Gasteiger partial charge in [-0.05, 0) is 32.3 Å². The van der Waals surface area contributed by atoms with Gasteiger partial charge in [0, 0.05) is 6.42 Å². The van der Waals surface area contributed by atoms with E-state index in [-0.39, 0.29) is 17.7 Å². The zero-order chi connectivity index (χ0) is 11.4. The Morgan fingerprint density at radius 1 is 1.47 bits per heavy atom. The lowest BCUT2D eigenvalue weighted by Gasteiger charge is -2.23. The second kappa shape index (κ2) is 5.10. The van der Waals surface area contributed by atoms with Crippen molar-refractivity contribution >= 4 is 11.8 Å². The van der Waals surface area contributed by atoms with Gasteiger partial charge in [0.15, 0.2) is 5.78 Å². The van der Waals surface area contributed by atoms with Crippen LogP contribution >= 0.6 is 0 Å². The second-order valence-corrected chi connectivity index (χ2v) is 3.78. The molecule has 0 saturated carbocycles. The van der Waals surface area contributed by atoms with Crippen LogP contribution in [-0.4, -0.2) is 18.4 Å². The normalized spacial score (nSPS) is 21.8. The van der Waals surface area contributed by atoms with Crippen LogP contribution in [-0.2, 0) is 14.3 Å². The molecule has 0 fully saturated rings. The molecule has 84 valence electrons. The van der Waals surface area contributed by atoms with Crippen LogP contribution in [0.1, 0.15) is 40.0 Å². The fourth-order valence-corrected chi connectivity index (χ4v) is 2.09. The lowest BCUT2D eigenvalue weighted by atomic mass is 9.82. The van der Waals surface area contributed by atoms with Gasteiger partial charge in [0.1, 0.15) is 0 Å². The molecule has 1 atom stereocenters. The van der Waals surface area contributed by atoms with E-state index in [1.54, 1.807) is 6.92 Å². The van der Waals surface area contributed by atoms with Gasteiger partial charge in [-0.1, -0.05) is 12.5 Å². The summed E-state index contributed by atoms with van der Waals surface area (Å²) in [6, 6.07) is 0. The zero-order valence-corrected chi connectivity index (χ0v) is 9.63. The largest absolute Gasteiger partial charge is 0.466 e. The van der Waals surface area contributed by atoms with Crippen molar-refractivity contribution in [2.45, 2.75) is 40.0 Å². The van der Waals surface area contributed by atoms with Crippen molar-refractivity contribution in [1.29, 1.82) is 0 Å². The summed E-state index contributed by atoms with van der Waals surface area (Å²) in [5, 5.41) is 0. The topological polar surface area (TPSA) is 43.4 Å². The van der Waals surface area contributed by atoms with Crippen molar-refractivity contribution in [3.63, 3.8) is 0 Å². The van der Waals surface area contributed by atoms with Crippen LogP contribution in [0.3, 0.4) is 0 Å². The molecule has 0 aromatic carbocycles. The van der Waals surface area contributed by atoms with Gasteiger partial charge in [0.05, 0.1) is 12.5 Å². The maximum absolute atomic E-state index is 11.6. The molecule has 0 radical (unpaired) electrons. The molecule has 3 heteroatoms. The molecule has 3 nitrogen and oxygen atoms in total.